The first-order valence-corrected chi connectivity index (χ1v) is 8.50. The summed E-state index contributed by atoms with van der Waals surface area (Å²) in [4.78, 5) is 34.6. The molecule has 0 spiro atoms. The van der Waals surface area contributed by atoms with Crippen LogP contribution in [0.1, 0.15) is 60.8 Å². The fourth-order valence-corrected chi connectivity index (χ4v) is 2.12. The third-order valence-corrected chi connectivity index (χ3v) is 4.18. The molecule has 0 aromatic rings. The smallest absolute Gasteiger partial charge is 0.410 e. The molecule has 0 heterocycles. The van der Waals surface area contributed by atoms with Crippen LogP contribution in [0.3, 0.4) is 0 Å². The summed E-state index contributed by atoms with van der Waals surface area (Å²) in [6, 6.07) is -0.556. The Balaban J connectivity index is 4.89. The van der Waals surface area contributed by atoms with Crippen LogP contribution >= 0.6 is 0 Å². The van der Waals surface area contributed by atoms with Gasteiger partial charge in [0.05, 0.1) is 6.42 Å². The number of alkyl carbamates (subject to hydrolysis) is 1. The molecule has 0 aromatic heterocycles. The van der Waals surface area contributed by atoms with Crippen LogP contribution in [-0.4, -0.2) is 35.5 Å². The van der Waals surface area contributed by atoms with Gasteiger partial charge in [-0.05, 0) is 11.8 Å². The van der Waals surface area contributed by atoms with Crippen LogP contribution in [0.4, 0.5) is 4.79 Å². The molecule has 0 radical (unpaired) electrons. The Kier molecular flexibility index (Phi) is 10.1. The molecule has 0 aliphatic rings. The van der Waals surface area contributed by atoms with Crippen molar-refractivity contribution in [3.05, 3.63) is 0 Å². The molecule has 7 nitrogen and oxygen atoms in total. The fourth-order valence-electron chi connectivity index (χ4n) is 2.12. The molecule has 0 aliphatic heterocycles. The lowest BCUT2D eigenvalue weighted by Crippen LogP contribution is -2.45. The Hall–Kier alpha value is -1.79. The summed E-state index contributed by atoms with van der Waals surface area (Å²) in [5.41, 5.74) is 0. The number of hydrogen-bond donors (Lipinski definition) is 2. The third-order valence-electron chi connectivity index (χ3n) is 4.18. The van der Waals surface area contributed by atoms with E-state index in [1.54, 1.807) is 20.8 Å². The van der Waals surface area contributed by atoms with Gasteiger partial charge in [-0.2, -0.15) is 0 Å². The number of rotatable bonds is 10. The minimum Gasteiger partial charge on any atom is -0.481 e. The highest BCUT2D eigenvalue weighted by Crippen LogP contribution is 2.21. The average molecular weight is 345 g/mol. The number of aliphatic carboxylic acids is 1. The lowest BCUT2D eigenvalue weighted by molar-refractivity contribution is -0.174. The van der Waals surface area contributed by atoms with E-state index in [-0.39, 0.29) is 30.6 Å². The lowest BCUT2D eigenvalue weighted by Gasteiger charge is -2.29. The van der Waals surface area contributed by atoms with Gasteiger partial charge in [0.25, 0.3) is 6.29 Å². The normalized spacial score (nSPS) is 16.0. The molecule has 140 valence electrons. The second-order valence-corrected chi connectivity index (χ2v) is 6.45. The SMILES string of the molecule is CCC(=O)O[C@@H](OC(=O)N[C@H](CC(=O)O)[C@H](C)[C@H](C)CC)C(C)C. The monoisotopic (exact) mass is 345 g/mol. The van der Waals surface area contributed by atoms with Gasteiger partial charge in [-0.1, -0.05) is 48.0 Å². The molecule has 0 saturated carbocycles. The minimum absolute atomic E-state index is 0.0330. The molecule has 0 aliphatic carbocycles. The summed E-state index contributed by atoms with van der Waals surface area (Å²) in [7, 11) is 0. The standard InChI is InChI=1S/C17H31NO6/c1-7-11(5)12(6)13(9-14(19)20)18-17(22)24-16(10(3)4)23-15(21)8-2/h10-13,16H,7-9H2,1-6H3,(H,18,22)(H,19,20)/t11-,12-,13-,16+/m1/s1. The number of nitrogens with one attached hydrogen (secondary N) is 1. The topological polar surface area (TPSA) is 102 Å². The number of hydrogen-bond acceptors (Lipinski definition) is 5. The van der Waals surface area contributed by atoms with E-state index in [2.05, 4.69) is 5.32 Å². The molecular formula is C17H31NO6. The highest BCUT2D eigenvalue weighted by molar-refractivity contribution is 5.72. The van der Waals surface area contributed by atoms with Crippen molar-refractivity contribution < 1.29 is 29.0 Å². The van der Waals surface area contributed by atoms with Crippen LogP contribution in [0.25, 0.3) is 0 Å². The van der Waals surface area contributed by atoms with Crippen LogP contribution in [0.15, 0.2) is 0 Å². The van der Waals surface area contributed by atoms with Gasteiger partial charge in [-0.25, -0.2) is 4.79 Å². The van der Waals surface area contributed by atoms with E-state index < -0.39 is 30.4 Å². The Morgan fingerprint density at radius 1 is 1.04 bits per heavy atom. The first-order chi connectivity index (χ1) is 11.1. The summed E-state index contributed by atoms with van der Waals surface area (Å²) < 4.78 is 10.3. The number of carboxylic acid groups (broad SMARTS) is 1. The Bertz CT molecular complexity index is 423. The molecule has 0 fully saturated rings. The molecule has 0 aromatic carbocycles. The van der Waals surface area contributed by atoms with E-state index in [1.807, 2.05) is 20.8 Å². The van der Waals surface area contributed by atoms with Crippen LogP contribution in [0.2, 0.25) is 0 Å². The van der Waals surface area contributed by atoms with Crippen molar-refractivity contribution in [3.63, 3.8) is 0 Å². The first-order valence-electron chi connectivity index (χ1n) is 8.50. The van der Waals surface area contributed by atoms with Crippen LogP contribution < -0.4 is 5.32 Å². The van der Waals surface area contributed by atoms with Crippen molar-refractivity contribution in [1.29, 1.82) is 0 Å². The molecule has 1 amide bonds. The molecule has 4 atom stereocenters. The maximum absolute atomic E-state index is 12.1. The predicted octanol–water partition coefficient (Wildman–Crippen LogP) is 3.17. The van der Waals surface area contributed by atoms with Crippen LogP contribution in [0, 0.1) is 17.8 Å². The van der Waals surface area contributed by atoms with Crippen molar-refractivity contribution >= 4 is 18.0 Å². The van der Waals surface area contributed by atoms with E-state index in [4.69, 9.17) is 14.6 Å². The molecule has 0 rings (SSSR count). The van der Waals surface area contributed by atoms with Crippen molar-refractivity contribution in [2.24, 2.45) is 17.8 Å². The van der Waals surface area contributed by atoms with Gasteiger partial charge in [0.15, 0.2) is 0 Å². The van der Waals surface area contributed by atoms with Gasteiger partial charge < -0.3 is 19.9 Å². The number of carbonyl (C=O) groups excluding carboxylic acids is 2. The second-order valence-electron chi connectivity index (χ2n) is 6.45. The Morgan fingerprint density at radius 3 is 2.04 bits per heavy atom. The van der Waals surface area contributed by atoms with E-state index in [1.165, 1.54) is 0 Å². The molecule has 24 heavy (non-hydrogen) atoms. The van der Waals surface area contributed by atoms with Crippen molar-refractivity contribution in [2.45, 2.75) is 73.1 Å². The van der Waals surface area contributed by atoms with Crippen molar-refractivity contribution in [3.8, 4) is 0 Å². The van der Waals surface area contributed by atoms with E-state index in [0.29, 0.717) is 0 Å². The van der Waals surface area contributed by atoms with Gasteiger partial charge in [0.1, 0.15) is 0 Å². The van der Waals surface area contributed by atoms with Gasteiger partial charge in [-0.15, -0.1) is 0 Å². The highest BCUT2D eigenvalue weighted by atomic mass is 16.7. The second kappa shape index (κ2) is 10.9. The summed E-state index contributed by atoms with van der Waals surface area (Å²) in [5.74, 6) is -1.45. The van der Waals surface area contributed by atoms with Crippen LogP contribution in [0.5, 0.6) is 0 Å². The highest BCUT2D eigenvalue weighted by Gasteiger charge is 2.28. The molecule has 7 heteroatoms. The Morgan fingerprint density at radius 2 is 1.62 bits per heavy atom. The maximum atomic E-state index is 12.1. The summed E-state index contributed by atoms with van der Waals surface area (Å²) in [5, 5.41) is 11.7. The van der Waals surface area contributed by atoms with E-state index in [9.17, 15) is 14.4 Å². The molecule has 0 unspecified atom stereocenters. The molecule has 0 bridgehead atoms. The van der Waals surface area contributed by atoms with Gasteiger partial charge in [0, 0.05) is 18.4 Å². The average Bonchev–Trinajstić information content (AvgIpc) is 2.51. The predicted molar refractivity (Wildman–Crippen MR) is 89.3 cm³/mol. The number of carbonyl (C=O) groups is 3. The fraction of sp³-hybridized carbons (Fsp3) is 0.824. The van der Waals surface area contributed by atoms with Gasteiger partial charge >= 0.3 is 18.0 Å². The number of amides is 1. The molecule has 2 N–H and O–H groups in total. The van der Waals surface area contributed by atoms with Gasteiger partial charge in [0.2, 0.25) is 0 Å². The summed E-state index contributed by atoms with van der Waals surface area (Å²) in [6.07, 6.45) is -0.917. The number of esters is 1. The zero-order valence-electron chi connectivity index (χ0n) is 15.5. The maximum Gasteiger partial charge on any atom is 0.410 e. The van der Waals surface area contributed by atoms with Crippen molar-refractivity contribution in [2.75, 3.05) is 0 Å². The largest absolute Gasteiger partial charge is 0.481 e. The zero-order chi connectivity index (χ0) is 18.9. The summed E-state index contributed by atoms with van der Waals surface area (Å²) >= 11 is 0. The number of carboxylic acids is 1. The summed E-state index contributed by atoms with van der Waals surface area (Å²) in [6.45, 7) is 11.1. The van der Waals surface area contributed by atoms with Gasteiger partial charge in [-0.3, -0.25) is 9.59 Å². The van der Waals surface area contributed by atoms with E-state index >= 15 is 0 Å². The molecule has 0 saturated heterocycles. The van der Waals surface area contributed by atoms with Crippen LogP contribution in [-0.2, 0) is 19.1 Å². The third kappa shape index (κ3) is 8.17. The minimum atomic E-state index is -0.998. The lowest BCUT2D eigenvalue weighted by atomic mass is 9.85. The quantitative estimate of drug-likeness (QED) is 0.466. The molecular weight excluding hydrogens is 314 g/mol. The first kappa shape index (κ1) is 22.2. The Labute approximate surface area is 144 Å². The zero-order valence-corrected chi connectivity index (χ0v) is 15.5. The number of ether oxygens (including phenoxy) is 2. The van der Waals surface area contributed by atoms with Crippen molar-refractivity contribution in [1.82, 2.24) is 5.32 Å². The van der Waals surface area contributed by atoms with E-state index in [0.717, 1.165) is 6.42 Å².